The summed E-state index contributed by atoms with van der Waals surface area (Å²) in [5.74, 6) is 0. The number of rotatable bonds is 4. The van der Waals surface area contributed by atoms with Crippen molar-refractivity contribution in [1.29, 1.82) is 0 Å². The van der Waals surface area contributed by atoms with Gasteiger partial charge in [0.2, 0.25) is 0 Å². The molecule has 0 saturated carbocycles. The molecule has 0 aromatic rings. The fourth-order valence-corrected chi connectivity index (χ4v) is 0.472. The molecule has 7 nitrogen and oxygen atoms in total. The third-order valence-corrected chi connectivity index (χ3v) is 1.36. The topological polar surface area (TPSA) is 86.9 Å². The van der Waals surface area contributed by atoms with E-state index in [1.807, 2.05) is 0 Å². The Hall–Kier alpha value is -1.53. The molecular formula is C5H11N3O4. The number of carboxylic acid groups (broad SMARTS) is 1. The predicted octanol–water partition coefficient (Wildman–Crippen LogP) is -0.280. The summed E-state index contributed by atoms with van der Waals surface area (Å²) in [7, 11) is 2.64. The first-order valence-corrected chi connectivity index (χ1v) is 3.24. The normalized spacial score (nSPS) is 9.17. The van der Waals surface area contributed by atoms with Crippen LogP contribution >= 0.6 is 0 Å². The first kappa shape index (κ1) is 10.5. The number of carbonyl (C=O) groups is 1. The molecule has 0 bridgehead atoms. The fraction of sp³-hybridized carbons (Fsp3) is 0.800. The van der Waals surface area contributed by atoms with Crippen molar-refractivity contribution in [2.75, 3.05) is 27.2 Å². The number of amides is 1. The number of nitrogens with zero attached hydrogens (tertiary/aromatic N) is 3. The quantitative estimate of drug-likeness (QED) is 0.471. The van der Waals surface area contributed by atoms with Gasteiger partial charge >= 0.3 is 6.09 Å². The molecule has 0 saturated heterocycles. The Morgan fingerprint density at radius 1 is 1.50 bits per heavy atom. The molecule has 0 heterocycles. The van der Waals surface area contributed by atoms with Gasteiger partial charge in [-0.2, -0.15) is 0 Å². The van der Waals surface area contributed by atoms with E-state index in [1.54, 1.807) is 0 Å². The SMILES string of the molecule is CN(CCN(C)[N+](=O)[O-])C(=O)O. The highest BCUT2D eigenvalue weighted by Gasteiger charge is 2.10. The Bertz CT molecular complexity index is 164. The van der Waals surface area contributed by atoms with E-state index >= 15 is 0 Å². The Labute approximate surface area is 69.3 Å². The van der Waals surface area contributed by atoms with Crippen molar-refractivity contribution in [1.82, 2.24) is 9.91 Å². The average Bonchev–Trinajstić information content (AvgIpc) is 1.98. The molecule has 1 amide bonds. The summed E-state index contributed by atoms with van der Waals surface area (Å²) in [4.78, 5) is 21.3. The zero-order valence-electron chi connectivity index (χ0n) is 6.93. The van der Waals surface area contributed by atoms with E-state index in [0.717, 1.165) is 9.91 Å². The molecule has 12 heavy (non-hydrogen) atoms. The number of hydrogen-bond donors (Lipinski definition) is 1. The maximum atomic E-state index is 10.2. The molecule has 7 heteroatoms. The smallest absolute Gasteiger partial charge is 0.407 e. The van der Waals surface area contributed by atoms with Gasteiger partial charge in [-0.05, 0) is 0 Å². The first-order chi connectivity index (χ1) is 5.45. The lowest BCUT2D eigenvalue weighted by molar-refractivity contribution is -0.648. The van der Waals surface area contributed by atoms with Crippen molar-refractivity contribution in [3.8, 4) is 0 Å². The van der Waals surface area contributed by atoms with Crippen LogP contribution in [0.4, 0.5) is 4.79 Å². The third kappa shape index (κ3) is 3.59. The Balaban J connectivity index is 3.68. The van der Waals surface area contributed by atoms with E-state index < -0.39 is 11.1 Å². The molecule has 0 aliphatic carbocycles. The van der Waals surface area contributed by atoms with Crippen molar-refractivity contribution in [2.24, 2.45) is 0 Å². The molecule has 0 spiro atoms. The molecular weight excluding hydrogens is 166 g/mol. The van der Waals surface area contributed by atoms with Crippen LogP contribution < -0.4 is 0 Å². The van der Waals surface area contributed by atoms with Crippen LogP contribution in [0.1, 0.15) is 0 Å². The average molecular weight is 177 g/mol. The molecule has 0 aliphatic heterocycles. The third-order valence-electron chi connectivity index (χ3n) is 1.36. The monoisotopic (exact) mass is 177 g/mol. The Morgan fingerprint density at radius 2 is 2.00 bits per heavy atom. The van der Waals surface area contributed by atoms with Crippen LogP contribution in [0, 0.1) is 10.1 Å². The molecule has 1 N–H and O–H groups in total. The van der Waals surface area contributed by atoms with Crippen molar-refractivity contribution in [2.45, 2.75) is 0 Å². The fourth-order valence-electron chi connectivity index (χ4n) is 0.472. The first-order valence-electron chi connectivity index (χ1n) is 3.24. The largest absolute Gasteiger partial charge is 0.465 e. The summed E-state index contributed by atoms with van der Waals surface area (Å²) >= 11 is 0. The molecule has 0 atom stereocenters. The molecule has 70 valence electrons. The standard InChI is InChI=1S/C5H11N3O4/c1-6(5(9)10)3-4-7(2)8(11)12/h3-4H2,1-2H3,(H,9,10). The minimum atomic E-state index is -1.09. The van der Waals surface area contributed by atoms with Gasteiger partial charge in [-0.15, -0.1) is 5.01 Å². The van der Waals surface area contributed by atoms with Crippen LogP contribution in [0.3, 0.4) is 0 Å². The number of hydrogen-bond acceptors (Lipinski definition) is 3. The van der Waals surface area contributed by atoms with Gasteiger partial charge in [0.15, 0.2) is 5.03 Å². The zero-order chi connectivity index (χ0) is 9.72. The van der Waals surface area contributed by atoms with Gasteiger partial charge in [0.25, 0.3) is 0 Å². The minimum Gasteiger partial charge on any atom is -0.465 e. The van der Waals surface area contributed by atoms with E-state index in [2.05, 4.69) is 0 Å². The minimum absolute atomic E-state index is 0.0792. The second-order valence-corrected chi connectivity index (χ2v) is 2.32. The van der Waals surface area contributed by atoms with Crippen LogP contribution in [-0.4, -0.2) is 53.3 Å². The van der Waals surface area contributed by atoms with Gasteiger partial charge in [-0.25, -0.2) is 14.9 Å². The zero-order valence-corrected chi connectivity index (χ0v) is 6.93. The van der Waals surface area contributed by atoms with Crippen LogP contribution in [-0.2, 0) is 0 Å². The number of nitro groups is 1. The molecule has 0 fully saturated rings. The summed E-state index contributed by atoms with van der Waals surface area (Å²) in [5, 5.41) is 18.7. The molecule has 0 radical (unpaired) electrons. The summed E-state index contributed by atoms with van der Waals surface area (Å²) in [5.41, 5.74) is 0. The second kappa shape index (κ2) is 4.37. The van der Waals surface area contributed by atoms with Gasteiger partial charge in [0.05, 0.1) is 13.6 Å². The van der Waals surface area contributed by atoms with Crippen LogP contribution in [0.25, 0.3) is 0 Å². The molecule has 0 rings (SSSR count). The molecule has 0 aliphatic rings. The van der Waals surface area contributed by atoms with E-state index in [9.17, 15) is 14.9 Å². The van der Waals surface area contributed by atoms with Gasteiger partial charge in [-0.3, -0.25) is 0 Å². The van der Waals surface area contributed by atoms with Gasteiger partial charge < -0.3 is 10.0 Å². The van der Waals surface area contributed by atoms with Crippen LogP contribution in [0.5, 0.6) is 0 Å². The van der Waals surface area contributed by atoms with E-state index in [-0.39, 0.29) is 13.1 Å². The maximum absolute atomic E-state index is 10.2. The molecule has 0 unspecified atom stereocenters. The number of likely N-dealkylation sites (N-methyl/N-ethyl adjacent to an activating group) is 2. The summed E-state index contributed by atoms with van der Waals surface area (Å²) in [6.07, 6.45) is -1.09. The van der Waals surface area contributed by atoms with Crippen molar-refractivity contribution in [3.05, 3.63) is 10.1 Å². The second-order valence-electron chi connectivity index (χ2n) is 2.32. The highest BCUT2D eigenvalue weighted by Crippen LogP contribution is 1.86. The predicted molar refractivity (Wildman–Crippen MR) is 40.3 cm³/mol. The van der Waals surface area contributed by atoms with E-state index in [4.69, 9.17) is 5.11 Å². The molecule has 0 aromatic carbocycles. The van der Waals surface area contributed by atoms with Gasteiger partial charge in [0.1, 0.15) is 0 Å². The van der Waals surface area contributed by atoms with Crippen LogP contribution in [0.15, 0.2) is 0 Å². The van der Waals surface area contributed by atoms with Crippen molar-refractivity contribution in [3.63, 3.8) is 0 Å². The lowest BCUT2D eigenvalue weighted by Crippen LogP contribution is -2.36. The summed E-state index contributed by atoms with van der Waals surface area (Å²) in [6, 6.07) is 0. The summed E-state index contributed by atoms with van der Waals surface area (Å²) in [6.45, 7) is 0.197. The Kier molecular flexibility index (Phi) is 3.81. The lowest BCUT2D eigenvalue weighted by atomic mass is 10.5. The van der Waals surface area contributed by atoms with Gasteiger partial charge in [-0.1, -0.05) is 0 Å². The molecule has 0 aromatic heterocycles. The van der Waals surface area contributed by atoms with Crippen molar-refractivity contribution >= 4 is 6.09 Å². The van der Waals surface area contributed by atoms with Crippen molar-refractivity contribution < 1.29 is 14.9 Å². The van der Waals surface area contributed by atoms with Crippen LogP contribution in [0.2, 0.25) is 0 Å². The lowest BCUT2D eigenvalue weighted by Gasteiger charge is -2.14. The van der Waals surface area contributed by atoms with E-state index in [1.165, 1.54) is 14.1 Å². The van der Waals surface area contributed by atoms with Gasteiger partial charge in [0, 0.05) is 13.6 Å². The van der Waals surface area contributed by atoms with E-state index in [0.29, 0.717) is 0 Å². The number of hydrazine groups is 1. The highest BCUT2D eigenvalue weighted by atomic mass is 16.7. The Morgan fingerprint density at radius 3 is 2.33 bits per heavy atom. The summed E-state index contributed by atoms with van der Waals surface area (Å²) < 4.78 is 0. The highest BCUT2D eigenvalue weighted by molar-refractivity contribution is 5.64. The maximum Gasteiger partial charge on any atom is 0.407 e.